The van der Waals surface area contributed by atoms with Crippen LogP contribution in [0.1, 0.15) is 16.1 Å². The normalized spacial score (nSPS) is 11.3. The minimum atomic E-state index is -4.93. The van der Waals surface area contributed by atoms with Gasteiger partial charge in [-0.15, -0.1) is 0 Å². The topological polar surface area (TPSA) is 53.8 Å². The molecule has 0 saturated carbocycles. The lowest BCUT2D eigenvalue weighted by molar-refractivity contribution is -0.0885. The second-order valence-electron chi connectivity index (χ2n) is 3.63. The molecule has 0 N–H and O–H groups in total. The molecule has 1 aromatic carbocycles. The first-order valence-electron chi connectivity index (χ1n) is 4.95. The monoisotopic (exact) mass is 328 g/mol. The van der Waals surface area contributed by atoms with E-state index >= 15 is 0 Å². The van der Waals surface area contributed by atoms with Crippen LogP contribution >= 0.6 is 15.9 Å². The number of pyridine rings is 1. The van der Waals surface area contributed by atoms with E-state index in [0.717, 1.165) is 6.07 Å². The van der Waals surface area contributed by atoms with Crippen LogP contribution in [0.4, 0.5) is 13.2 Å². The Bertz CT molecular complexity index is 719. The van der Waals surface area contributed by atoms with Crippen LogP contribution in [-0.4, -0.2) is 16.9 Å². The number of hydrogen-bond donors (Lipinski definition) is 0. The number of hydrogen-bond acceptors (Lipinski definition) is 3. The molecule has 0 unspecified atom stereocenters. The predicted molar refractivity (Wildman–Crippen MR) is 64.5 cm³/mol. The number of nitriles is 1. The Labute approximate surface area is 113 Å². The summed E-state index contributed by atoms with van der Waals surface area (Å²) in [5.41, 5.74) is 0.00505. The van der Waals surface area contributed by atoms with E-state index in [1.165, 1.54) is 18.2 Å². The van der Waals surface area contributed by atoms with Crippen molar-refractivity contribution in [2.45, 2.75) is 6.18 Å². The Morgan fingerprint density at radius 1 is 1.26 bits per heavy atom. The third-order valence-corrected chi connectivity index (χ3v) is 3.28. The first-order valence-corrected chi connectivity index (χ1v) is 5.75. The summed E-state index contributed by atoms with van der Waals surface area (Å²) in [6, 6.07) is 6.96. The number of nitrogens with zero attached hydrogens (tertiary/aromatic N) is 2. The summed E-state index contributed by atoms with van der Waals surface area (Å²) < 4.78 is 37.2. The van der Waals surface area contributed by atoms with Gasteiger partial charge in [0.25, 0.3) is 5.78 Å². The smallest absolute Gasteiger partial charge is 0.284 e. The first kappa shape index (κ1) is 13.5. The predicted octanol–water partition coefficient (Wildman–Crippen LogP) is 3.61. The van der Waals surface area contributed by atoms with Crippen molar-refractivity contribution < 1.29 is 18.0 Å². The van der Waals surface area contributed by atoms with Crippen molar-refractivity contribution in [3.63, 3.8) is 0 Å². The lowest BCUT2D eigenvalue weighted by atomic mass is 10.1. The molecule has 0 saturated heterocycles. The van der Waals surface area contributed by atoms with Gasteiger partial charge in [0.1, 0.15) is 11.8 Å². The van der Waals surface area contributed by atoms with E-state index < -0.39 is 17.5 Å². The van der Waals surface area contributed by atoms with E-state index in [1.807, 2.05) is 6.07 Å². The molecule has 96 valence electrons. The Morgan fingerprint density at radius 2 is 1.95 bits per heavy atom. The summed E-state index contributed by atoms with van der Waals surface area (Å²) >= 11 is 2.98. The summed E-state index contributed by atoms with van der Waals surface area (Å²) in [7, 11) is 0. The average Bonchev–Trinajstić information content (AvgIpc) is 2.37. The van der Waals surface area contributed by atoms with Gasteiger partial charge < -0.3 is 0 Å². The van der Waals surface area contributed by atoms with Crippen molar-refractivity contribution in [2.24, 2.45) is 0 Å². The number of fused-ring (bicyclic) bond motifs is 1. The minimum Gasteiger partial charge on any atom is -0.284 e. The zero-order valence-electron chi connectivity index (χ0n) is 9.12. The summed E-state index contributed by atoms with van der Waals surface area (Å²) in [6.07, 6.45) is -4.93. The van der Waals surface area contributed by atoms with E-state index in [1.54, 1.807) is 0 Å². The van der Waals surface area contributed by atoms with Crippen LogP contribution in [0.5, 0.6) is 0 Å². The van der Waals surface area contributed by atoms with Crippen LogP contribution in [0.15, 0.2) is 28.7 Å². The van der Waals surface area contributed by atoms with Crippen LogP contribution < -0.4 is 0 Å². The fraction of sp³-hybridized carbons (Fsp3) is 0.0833. The van der Waals surface area contributed by atoms with Crippen LogP contribution in [0.3, 0.4) is 0 Å². The number of aromatic nitrogens is 1. The molecule has 0 aliphatic rings. The van der Waals surface area contributed by atoms with Gasteiger partial charge in [-0.25, -0.2) is 4.98 Å². The number of carbonyl (C=O) groups is 1. The number of rotatable bonds is 1. The van der Waals surface area contributed by atoms with E-state index in [9.17, 15) is 18.0 Å². The summed E-state index contributed by atoms with van der Waals surface area (Å²) in [5.74, 6) is -1.93. The van der Waals surface area contributed by atoms with Crippen LogP contribution in [0.2, 0.25) is 0 Å². The largest absolute Gasteiger partial charge is 0.454 e. The van der Waals surface area contributed by atoms with Crippen molar-refractivity contribution in [2.75, 3.05) is 0 Å². The molecule has 0 bridgehead atoms. The third kappa shape index (κ3) is 2.44. The van der Waals surface area contributed by atoms with Crippen molar-refractivity contribution >= 4 is 32.6 Å². The highest BCUT2D eigenvalue weighted by atomic mass is 79.9. The minimum absolute atomic E-state index is 0.0179. The Balaban J connectivity index is 2.66. The first-order chi connectivity index (χ1) is 8.84. The molecule has 1 aromatic heterocycles. The molecule has 0 spiro atoms. The highest BCUT2D eigenvalue weighted by molar-refractivity contribution is 9.10. The molecule has 19 heavy (non-hydrogen) atoms. The number of halogens is 4. The Kier molecular flexibility index (Phi) is 3.28. The molecule has 0 fully saturated rings. The van der Waals surface area contributed by atoms with Gasteiger partial charge in [0.05, 0.1) is 5.52 Å². The van der Waals surface area contributed by atoms with Crippen molar-refractivity contribution in [3.8, 4) is 6.07 Å². The molecule has 0 radical (unpaired) electrons. The van der Waals surface area contributed by atoms with Crippen molar-refractivity contribution in [1.82, 2.24) is 4.98 Å². The van der Waals surface area contributed by atoms with E-state index in [-0.39, 0.29) is 10.2 Å². The molecule has 1 heterocycles. The van der Waals surface area contributed by atoms with Crippen LogP contribution in [0.25, 0.3) is 10.9 Å². The Hall–Kier alpha value is -1.94. The van der Waals surface area contributed by atoms with Gasteiger partial charge in [0.2, 0.25) is 0 Å². The van der Waals surface area contributed by atoms with Gasteiger partial charge in [-0.2, -0.15) is 18.4 Å². The second kappa shape index (κ2) is 4.63. The Morgan fingerprint density at radius 3 is 2.53 bits per heavy atom. The fourth-order valence-electron chi connectivity index (χ4n) is 1.56. The van der Waals surface area contributed by atoms with Crippen LogP contribution in [0, 0.1) is 11.3 Å². The summed E-state index contributed by atoms with van der Waals surface area (Å²) in [5, 5.41) is 9.03. The van der Waals surface area contributed by atoms with Crippen molar-refractivity contribution in [1.29, 1.82) is 5.26 Å². The molecule has 7 heteroatoms. The molecule has 0 atom stereocenters. The quantitative estimate of drug-likeness (QED) is 0.751. The van der Waals surface area contributed by atoms with Gasteiger partial charge in [-0.05, 0) is 40.2 Å². The second-order valence-corrected chi connectivity index (χ2v) is 4.42. The molecule has 3 nitrogen and oxygen atoms in total. The number of carbonyl (C=O) groups excluding carboxylic acids is 1. The average molecular weight is 329 g/mol. The SMILES string of the molecule is N#Cc1ccc2c(Br)c(C(=O)C(F)(F)F)ccc2n1. The van der Waals surface area contributed by atoms with Gasteiger partial charge in [-0.1, -0.05) is 0 Å². The molecule has 0 aliphatic carbocycles. The molecular weight excluding hydrogens is 325 g/mol. The third-order valence-electron chi connectivity index (χ3n) is 2.42. The maximum atomic E-state index is 12.4. The number of benzene rings is 1. The van der Waals surface area contributed by atoms with Crippen molar-refractivity contribution in [3.05, 3.63) is 40.0 Å². The maximum Gasteiger partial charge on any atom is 0.454 e. The summed E-state index contributed by atoms with van der Waals surface area (Å²) in [4.78, 5) is 15.2. The zero-order valence-corrected chi connectivity index (χ0v) is 10.7. The molecule has 2 rings (SSSR count). The highest BCUT2D eigenvalue weighted by Gasteiger charge is 2.40. The molecule has 2 aromatic rings. The van der Waals surface area contributed by atoms with Gasteiger partial charge in [-0.3, -0.25) is 4.79 Å². The molecule has 0 amide bonds. The lowest BCUT2D eigenvalue weighted by Crippen LogP contribution is -2.23. The summed E-state index contributed by atoms with van der Waals surface area (Å²) in [6.45, 7) is 0. The molecular formula is C12H4BrF3N2O. The maximum absolute atomic E-state index is 12.4. The number of alkyl halides is 3. The van der Waals surface area contributed by atoms with E-state index in [4.69, 9.17) is 5.26 Å². The molecule has 0 aliphatic heterocycles. The number of Topliss-reactive ketones (excluding diaryl/α,β-unsaturated/α-hetero) is 1. The highest BCUT2D eigenvalue weighted by Crippen LogP contribution is 2.31. The van der Waals surface area contributed by atoms with Gasteiger partial charge in [0, 0.05) is 15.4 Å². The lowest BCUT2D eigenvalue weighted by Gasteiger charge is -2.09. The van der Waals surface area contributed by atoms with Gasteiger partial charge in [0.15, 0.2) is 0 Å². The zero-order chi connectivity index (χ0) is 14.2. The van der Waals surface area contributed by atoms with E-state index in [0.29, 0.717) is 10.9 Å². The number of ketones is 1. The van der Waals surface area contributed by atoms with E-state index in [2.05, 4.69) is 20.9 Å². The van der Waals surface area contributed by atoms with Crippen LogP contribution in [-0.2, 0) is 0 Å². The standard InChI is InChI=1S/C12H4BrF3N2O/c13-10-7-2-1-6(5-17)18-9(7)4-3-8(10)11(19)12(14,15)16/h1-4H. The fourth-order valence-corrected chi connectivity index (χ4v) is 2.21. The van der Waals surface area contributed by atoms with Gasteiger partial charge >= 0.3 is 6.18 Å².